The van der Waals surface area contributed by atoms with Crippen molar-refractivity contribution in [1.29, 1.82) is 0 Å². The fourth-order valence-corrected chi connectivity index (χ4v) is 4.51. The van der Waals surface area contributed by atoms with Crippen molar-refractivity contribution in [1.82, 2.24) is 5.43 Å². The van der Waals surface area contributed by atoms with Crippen LogP contribution in [0, 0.1) is 0 Å². The van der Waals surface area contributed by atoms with E-state index in [4.69, 9.17) is 16.3 Å². The third-order valence-corrected chi connectivity index (χ3v) is 6.82. The molecular weight excluding hydrogens is 494 g/mol. The van der Waals surface area contributed by atoms with Crippen molar-refractivity contribution >= 4 is 45.4 Å². The van der Waals surface area contributed by atoms with E-state index in [0.717, 1.165) is 4.31 Å². The van der Waals surface area contributed by atoms with Gasteiger partial charge >= 0.3 is 5.97 Å². The molecule has 3 aromatic rings. The van der Waals surface area contributed by atoms with E-state index in [2.05, 4.69) is 15.3 Å². The SMILES string of the molecule is COC(=O)c1ccc(/C=N\NC(=O)CN(c2ccc(Cl)cc2)S(=O)(=O)c2ccc(OC)cc2)cc1. The highest BCUT2D eigenvalue weighted by Gasteiger charge is 2.27. The molecule has 35 heavy (non-hydrogen) atoms. The number of esters is 1. The van der Waals surface area contributed by atoms with Gasteiger partial charge in [0.1, 0.15) is 12.3 Å². The molecule has 0 spiro atoms. The van der Waals surface area contributed by atoms with Crippen LogP contribution in [0.25, 0.3) is 0 Å². The van der Waals surface area contributed by atoms with E-state index in [0.29, 0.717) is 21.9 Å². The minimum atomic E-state index is -4.10. The standard InChI is InChI=1S/C24H22ClN3O6S/c1-33-21-11-13-22(14-12-21)35(31,32)28(20-9-7-19(25)8-10-20)16-23(29)27-26-15-17-3-5-18(6-4-17)24(30)34-2/h3-15H,16H2,1-2H3,(H,27,29)/b26-15-. The summed E-state index contributed by atoms with van der Waals surface area (Å²) in [6, 6.07) is 18.2. The number of hydrazone groups is 1. The molecule has 182 valence electrons. The third kappa shape index (κ3) is 6.58. The van der Waals surface area contributed by atoms with E-state index in [-0.39, 0.29) is 10.6 Å². The van der Waals surface area contributed by atoms with Crippen molar-refractivity contribution in [3.05, 3.63) is 88.9 Å². The zero-order valence-corrected chi connectivity index (χ0v) is 20.4. The summed E-state index contributed by atoms with van der Waals surface area (Å²) in [5.41, 5.74) is 3.55. The Kier molecular flexibility index (Phi) is 8.45. The topological polar surface area (TPSA) is 114 Å². The first-order chi connectivity index (χ1) is 16.7. The lowest BCUT2D eigenvalue weighted by atomic mass is 10.1. The van der Waals surface area contributed by atoms with E-state index in [1.807, 2.05) is 0 Å². The van der Waals surface area contributed by atoms with E-state index in [1.54, 1.807) is 24.3 Å². The fourth-order valence-electron chi connectivity index (χ4n) is 2.97. The van der Waals surface area contributed by atoms with Crippen LogP contribution in [0.3, 0.4) is 0 Å². The molecule has 3 aromatic carbocycles. The van der Waals surface area contributed by atoms with Gasteiger partial charge in [-0.25, -0.2) is 18.6 Å². The van der Waals surface area contributed by atoms with Gasteiger partial charge in [-0.1, -0.05) is 23.7 Å². The quantitative estimate of drug-likeness (QED) is 0.265. The Morgan fingerprint density at radius 1 is 0.971 bits per heavy atom. The van der Waals surface area contributed by atoms with Crippen LogP contribution < -0.4 is 14.5 Å². The van der Waals surface area contributed by atoms with Gasteiger partial charge in [0.15, 0.2) is 0 Å². The summed E-state index contributed by atoms with van der Waals surface area (Å²) in [7, 11) is -1.34. The Labute approximate surface area is 208 Å². The number of halogens is 1. The van der Waals surface area contributed by atoms with Crippen LogP contribution in [0.1, 0.15) is 15.9 Å². The van der Waals surface area contributed by atoms with Gasteiger partial charge in [0.05, 0.1) is 36.6 Å². The molecule has 9 nitrogen and oxygen atoms in total. The van der Waals surface area contributed by atoms with Crippen molar-refractivity contribution in [2.24, 2.45) is 5.10 Å². The molecule has 0 bridgehead atoms. The van der Waals surface area contributed by atoms with Gasteiger partial charge in [-0.2, -0.15) is 5.10 Å². The van der Waals surface area contributed by atoms with Crippen LogP contribution in [0.5, 0.6) is 5.75 Å². The Morgan fingerprint density at radius 2 is 1.60 bits per heavy atom. The maximum Gasteiger partial charge on any atom is 0.337 e. The van der Waals surface area contributed by atoms with Crippen LogP contribution in [0.2, 0.25) is 5.02 Å². The highest BCUT2D eigenvalue weighted by atomic mass is 35.5. The van der Waals surface area contributed by atoms with Crippen molar-refractivity contribution in [3.63, 3.8) is 0 Å². The molecule has 0 fully saturated rings. The van der Waals surface area contributed by atoms with E-state index >= 15 is 0 Å². The maximum atomic E-state index is 13.4. The van der Waals surface area contributed by atoms with Gasteiger partial charge in [-0.3, -0.25) is 9.10 Å². The minimum Gasteiger partial charge on any atom is -0.497 e. The lowest BCUT2D eigenvalue weighted by molar-refractivity contribution is -0.119. The van der Waals surface area contributed by atoms with Crippen molar-refractivity contribution < 1.29 is 27.5 Å². The second-order valence-corrected chi connectivity index (χ2v) is 9.37. The number of methoxy groups -OCH3 is 2. The summed E-state index contributed by atoms with van der Waals surface area (Å²) >= 11 is 5.94. The van der Waals surface area contributed by atoms with Gasteiger partial charge in [0.2, 0.25) is 0 Å². The second kappa shape index (κ2) is 11.5. The number of carbonyl (C=O) groups is 2. The number of rotatable bonds is 9. The molecule has 1 amide bonds. The molecule has 1 N–H and O–H groups in total. The third-order valence-electron chi connectivity index (χ3n) is 4.78. The molecule has 0 saturated carbocycles. The number of nitrogens with zero attached hydrogens (tertiary/aromatic N) is 2. The lowest BCUT2D eigenvalue weighted by Gasteiger charge is -2.23. The van der Waals surface area contributed by atoms with Crippen molar-refractivity contribution in [2.45, 2.75) is 4.90 Å². The van der Waals surface area contributed by atoms with Crippen LogP contribution in [0.15, 0.2) is 82.8 Å². The number of hydrogen-bond acceptors (Lipinski definition) is 7. The number of sulfonamides is 1. The fraction of sp³-hybridized carbons (Fsp3) is 0.125. The molecule has 0 saturated heterocycles. The zero-order chi connectivity index (χ0) is 25.4. The summed E-state index contributed by atoms with van der Waals surface area (Å²) in [4.78, 5) is 24.1. The monoisotopic (exact) mass is 515 g/mol. The average molecular weight is 516 g/mol. The number of benzene rings is 3. The summed E-state index contributed by atoms with van der Waals surface area (Å²) in [5.74, 6) is -0.643. The predicted octanol–water partition coefficient (Wildman–Crippen LogP) is 3.48. The number of hydrogen-bond donors (Lipinski definition) is 1. The number of anilines is 1. The van der Waals surface area contributed by atoms with E-state index in [9.17, 15) is 18.0 Å². The summed E-state index contributed by atoms with van der Waals surface area (Å²) in [5, 5.41) is 4.29. The smallest absolute Gasteiger partial charge is 0.337 e. The molecule has 0 unspecified atom stereocenters. The molecule has 0 aromatic heterocycles. The van der Waals surface area contributed by atoms with Gasteiger partial charge < -0.3 is 9.47 Å². The zero-order valence-electron chi connectivity index (χ0n) is 18.8. The molecule has 11 heteroatoms. The van der Waals surface area contributed by atoms with E-state index < -0.39 is 28.4 Å². The van der Waals surface area contributed by atoms with Crippen molar-refractivity contribution in [2.75, 3.05) is 25.1 Å². The van der Waals surface area contributed by atoms with Crippen molar-refractivity contribution in [3.8, 4) is 5.75 Å². The Bertz CT molecular complexity index is 1310. The lowest BCUT2D eigenvalue weighted by Crippen LogP contribution is -2.39. The first kappa shape index (κ1) is 25.7. The molecule has 0 heterocycles. The van der Waals surface area contributed by atoms with E-state index in [1.165, 1.54) is 69.0 Å². The number of carbonyl (C=O) groups excluding carboxylic acids is 2. The number of amides is 1. The molecule has 0 aliphatic rings. The first-order valence-corrected chi connectivity index (χ1v) is 12.0. The molecule has 0 aliphatic carbocycles. The molecule has 3 rings (SSSR count). The number of nitrogens with one attached hydrogen (secondary N) is 1. The molecular formula is C24H22ClN3O6S. The van der Waals surface area contributed by atoms with Gasteiger partial charge in [0, 0.05) is 5.02 Å². The summed E-state index contributed by atoms with van der Waals surface area (Å²) < 4.78 is 37.4. The molecule has 0 aliphatic heterocycles. The normalized spacial score (nSPS) is 11.2. The van der Waals surface area contributed by atoms with Gasteiger partial charge in [-0.15, -0.1) is 0 Å². The largest absolute Gasteiger partial charge is 0.497 e. The molecule has 0 radical (unpaired) electrons. The second-order valence-electron chi connectivity index (χ2n) is 7.07. The molecule has 0 atom stereocenters. The Hall–Kier alpha value is -3.89. The van der Waals surface area contributed by atoms with Gasteiger partial charge in [0.25, 0.3) is 15.9 Å². The van der Waals surface area contributed by atoms with Crippen LogP contribution in [-0.2, 0) is 19.6 Å². The maximum absolute atomic E-state index is 13.4. The Balaban J connectivity index is 1.78. The van der Waals surface area contributed by atoms with Crippen LogP contribution in [0.4, 0.5) is 5.69 Å². The number of ether oxygens (including phenoxy) is 2. The highest BCUT2D eigenvalue weighted by molar-refractivity contribution is 7.92. The predicted molar refractivity (Wildman–Crippen MR) is 132 cm³/mol. The Morgan fingerprint density at radius 3 is 2.17 bits per heavy atom. The minimum absolute atomic E-state index is 0.0183. The first-order valence-electron chi connectivity index (χ1n) is 10.2. The highest BCUT2D eigenvalue weighted by Crippen LogP contribution is 2.26. The van der Waals surface area contributed by atoms with Crippen LogP contribution >= 0.6 is 11.6 Å². The van der Waals surface area contributed by atoms with Crippen LogP contribution in [-0.4, -0.2) is 47.3 Å². The summed E-state index contributed by atoms with van der Waals surface area (Å²) in [6.07, 6.45) is 1.36. The average Bonchev–Trinajstić information content (AvgIpc) is 2.88. The van der Waals surface area contributed by atoms with Gasteiger partial charge in [-0.05, 0) is 66.2 Å². The summed E-state index contributed by atoms with van der Waals surface area (Å²) in [6.45, 7) is -0.533.